The van der Waals surface area contributed by atoms with E-state index in [2.05, 4.69) is 20.8 Å². The molecule has 0 radical (unpaired) electrons. The third-order valence-electron chi connectivity index (χ3n) is 3.13. The lowest BCUT2D eigenvalue weighted by Crippen LogP contribution is -2.13. The molecule has 0 atom stereocenters. The normalized spacial score (nSPS) is 10.3. The fourth-order valence-corrected chi connectivity index (χ4v) is 4.20. The predicted octanol–water partition coefficient (Wildman–Crippen LogP) is 3.95. The summed E-state index contributed by atoms with van der Waals surface area (Å²) in [6.45, 7) is 0.509. The fraction of sp³-hybridized carbons (Fsp3) is 0.125. The van der Waals surface area contributed by atoms with Crippen LogP contribution in [0.25, 0.3) is 0 Å². The Kier molecular flexibility index (Phi) is 6.17. The molecule has 1 aromatic carbocycles. The smallest absolute Gasteiger partial charge is 0.235 e. The molecule has 0 aliphatic carbocycles. The van der Waals surface area contributed by atoms with E-state index in [4.69, 9.17) is 5.26 Å². The van der Waals surface area contributed by atoms with Gasteiger partial charge in [-0.25, -0.2) is 4.39 Å². The molecule has 0 bridgehead atoms. The van der Waals surface area contributed by atoms with E-state index in [-0.39, 0.29) is 17.5 Å². The van der Waals surface area contributed by atoms with Gasteiger partial charge in [0, 0.05) is 6.54 Å². The first-order valence-electron chi connectivity index (χ1n) is 7.36. The van der Waals surface area contributed by atoms with Gasteiger partial charge in [0.15, 0.2) is 4.34 Å². The standard InChI is InChI=1S/C16H12FN5OS3/c17-12-3-1-10(2-4-12)8-19-15-21-22-16(26-15)25-9-13(23)20-14-11(7-18)5-6-24-14/h1-6H,8-9H2,(H,19,21)(H,20,23). The van der Waals surface area contributed by atoms with Crippen molar-refractivity contribution < 1.29 is 9.18 Å². The zero-order valence-corrected chi connectivity index (χ0v) is 15.7. The van der Waals surface area contributed by atoms with Gasteiger partial charge < -0.3 is 10.6 Å². The van der Waals surface area contributed by atoms with Crippen LogP contribution in [0, 0.1) is 17.1 Å². The zero-order chi connectivity index (χ0) is 18.4. The summed E-state index contributed by atoms with van der Waals surface area (Å²) in [6, 6.07) is 9.90. The van der Waals surface area contributed by atoms with Crippen LogP contribution in [0.5, 0.6) is 0 Å². The van der Waals surface area contributed by atoms with Gasteiger partial charge in [-0.05, 0) is 29.1 Å². The number of carbonyl (C=O) groups is 1. The maximum atomic E-state index is 12.9. The van der Waals surface area contributed by atoms with E-state index in [0.29, 0.717) is 26.6 Å². The highest BCUT2D eigenvalue weighted by atomic mass is 32.2. The molecule has 1 amide bonds. The second-order valence-corrected chi connectivity index (χ2v) is 8.08. The van der Waals surface area contributed by atoms with Gasteiger partial charge in [-0.3, -0.25) is 4.79 Å². The monoisotopic (exact) mass is 405 g/mol. The Bertz CT molecular complexity index is 932. The van der Waals surface area contributed by atoms with E-state index < -0.39 is 0 Å². The first-order valence-corrected chi connectivity index (χ1v) is 10.0. The van der Waals surface area contributed by atoms with Crippen molar-refractivity contribution in [2.75, 3.05) is 16.4 Å². The van der Waals surface area contributed by atoms with Crippen LogP contribution in [0.1, 0.15) is 11.1 Å². The van der Waals surface area contributed by atoms with E-state index in [9.17, 15) is 9.18 Å². The van der Waals surface area contributed by atoms with Gasteiger partial charge in [-0.1, -0.05) is 35.2 Å². The minimum atomic E-state index is -0.272. The molecule has 0 saturated carbocycles. The van der Waals surface area contributed by atoms with Crippen molar-refractivity contribution in [2.24, 2.45) is 0 Å². The molecule has 3 aromatic rings. The second-order valence-electron chi connectivity index (χ2n) is 4.97. The van der Waals surface area contributed by atoms with Gasteiger partial charge in [0.25, 0.3) is 0 Å². The summed E-state index contributed by atoms with van der Waals surface area (Å²) in [6.07, 6.45) is 0. The molecule has 0 aliphatic rings. The van der Waals surface area contributed by atoms with Gasteiger partial charge in [-0.2, -0.15) is 5.26 Å². The van der Waals surface area contributed by atoms with Crippen LogP contribution in [0.3, 0.4) is 0 Å². The Morgan fingerprint density at radius 2 is 2.08 bits per heavy atom. The number of amides is 1. The van der Waals surface area contributed by atoms with Crippen molar-refractivity contribution >= 4 is 50.5 Å². The highest BCUT2D eigenvalue weighted by Gasteiger charge is 2.11. The fourth-order valence-electron chi connectivity index (χ4n) is 1.90. The third kappa shape index (κ3) is 5.01. The number of carbonyl (C=O) groups excluding carboxylic acids is 1. The molecule has 2 aromatic heterocycles. The first kappa shape index (κ1) is 18.3. The van der Waals surface area contributed by atoms with Gasteiger partial charge in [0.2, 0.25) is 11.0 Å². The van der Waals surface area contributed by atoms with Crippen molar-refractivity contribution in [1.82, 2.24) is 10.2 Å². The Morgan fingerprint density at radius 3 is 2.85 bits per heavy atom. The van der Waals surface area contributed by atoms with Crippen LogP contribution in [0.2, 0.25) is 0 Å². The highest BCUT2D eigenvalue weighted by molar-refractivity contribution is 8.01. The van der Waals surface area contributed by atoms with Crippen LogP contribution in [0.15, 0.2) is 40.1 Å². The molecule has 10 heteroatoms. The van der Waals surface area contributed by atoms with Crippen LogP contribution in [0.4, 0.5) is 14.5 Å². The van der Waals surface area contributed by atoms with Crippen LogP contribution in [-0.2, 0) is 11.3 Å². The molecule has 0 aliphatic heterocycles. The first-order chi connectivity index (χ1) is 12.6. The summed E-state index contributed by atoms with van der Waals surface area (Å²) in [5, 5.41) is 25.7. The maximum absolute atomic E-state index is 12.9. The van der Waals surface area contributed by atoms with E-state index in [1.165, 1.54) is 46.6 Å². The topological polar surface area (TPSA) is 90.7 Å². The van der Waals surface area contributed by atoms with E-state index in [1.807, 2.05) is 6.07 Å². The minimum Gasteiger partial charge on any atom is -0.356 e. The average molecular weight is 406 g/mol. The van der Waals surface area contributed by atoms with Crippen molar-refractivity contribution in [2.45, 2.75) is 10.9 Å². The predicted molar refractivity (Wildman–Crippen MR) is 102 cm³/mol. The number of thiophene rings is 1. The number of anilines is 2. The number of nitrogens with one attached hydrogen (secondary N) is 2. The van der Waals surface area contributed by atoms with Crippen LogP contribution >= 0.6 is 34.4 Å². The van der Waals surface area contributed by atoms with E-state index in [0.717, 1.165) is 5.56 Å². The zero-order valence-electron chi connectivity index (χ0n) is 13.2. The Labute approximate surface area is 161 Å². The van der Waals surface area contributed by atoms with Gasteiger partial charge in [0.05, 0.1) is 11.3 Å². The summed E-state index contributed by atoms with van der Waals surface area (Å²) in [5.41, 5.74) is 1.39. The number of hydrogen-bond acceptors (Lipinski definition) is 8. The van der Waals surface area contributed by atoms with Crippen molar-refractivity contribution in [1.29, 1.82) is 5.26 Å². The summed E-state index contributed by atoms with van der Waals surface area (Å²) >= 11 is 3.92. The molecule has 0 spiro atoms. The van der Waals surface area contributed by atoms with Crippen molar-refractivity contribution in [3.63, 3.8) is 0 Å². The Balaban J connectivity index is 1.46. The van der Waals surface area contributed by atoms with Gasteiger partial charge in [0.1, 0.15) is 16.9 Å². The van der Waals surface area contributed by atoms with E-state index in [1.54, 1.807) is 23.6 Å². The number of benzene rings is 1. The number of nitriles is 1. The average Bonchev–Trinajstić information content (AvgIpc) is 3.28. The second kappa shape index (κ2) is 8.75. The molecule has 2 N–H and O–H groups in total. The van der Waals surface area contributed by atoms with Crippen LogP contribution in [-0.4, -0.2) is 21.9 Å². The number of rotatable bonds is 7. The summed E-state index contributed by atoms with van der Waals surface area (Å²) < 4.78 is 13.5. The van der Waals surface area contributed by atoms with Gasteiger partial charge >= 0.3 is 0 Å². The quantitative estimate of drug-likeness (QED) is 0.579. The molecule has 3 rings (SSSR count). The molecule has 132 valence electrons. The summed E-state index contributed by atoms with van der Waals surface area (Å²) in [7, 11) is 0. The summed E-state index contributed by atoms with van der Waals surface area (Å²) in [5.74, 6) is -0.300. The van der Waals surface area contributed by atoms with Gasteiger partial charge in [-0.15, -0.1) is 21.5 Å². The molecule has 2 heterocycles. The lowest BCUT2D eigenvalue weighted by atomic mass is 10.2. The number of halogens is 1. The Hall–Kier alpha value is -2.48. The molecular formula is C16H12FN5OS3. The highest BCUT2D eigenvalue weighted by Crippen LogP contribution is 2.27. The number of nitrogens with zero attached hydrogens (tertiary/aromatic N) is 3. The van der Waals surface area contributed by atoms with Crippen molar-refractivity contribution in [3.8, 4) is 6.07 Å². The third-order valence-corrected chi connectivity index (χ3v) is 5.97. The SMILES string of the molecule is N#Cc1ccsc1NC(=O)CSc1nnc(NCc2ccc(F)cc2)s1. The molecule has 0 saturated heterocycles. The molecule has 26 heavy (non-hydrogen) atoms. The minimum absolute atomic E-state index is 0.176. The Morgan fingerprint density at radius 1 is 1.27 bits per heavy atom. The molecule has 0 unspecified atom stereocenters. The van der Waals surface area contributed by atoms with Crippen LogP contribution < -0.4 is 10.6 Å². The maximum Gasteiger partial charge on any atom is 0.235 e. The number of thioether (sulfide) groups is 1. The number of hydrogen-bond donors (Lipinski definition) is 2. The largest absolute Gasteiger partial charge is 0.356 e. The lowest BCUT2D eigenvalue weighted by Gasteiger charge is -2.02. The number of aromatic nitrogens is 2. The molecular weight excluding hydrogens is 393 g/mol. The van der Waals surface area contributed by atoms with E-state index >= 15 is 0 Å². The molecule has 0 fully saturated rings. The molecule has 6 nitrogen and oxygen atoms in total. The lowest BCUT2D eigenvalue weighted by molar-refractivity contribution is -0.113. The summed E-state index contributed by atoms with van der Waals surface area (Å²) in [4.78, 5) is 12.0. The van der Waals surface area contributed by atoms with Crippen molar-refractivity contribution in [3.05, 3.63) is 52.7 Å².